The zero-order chi connectivity index (χ0) is 11.3. The van der Waals surface area contributed by atoms with Gasteiger partial charge in [-0.3, -0.25) is 9.69 Å². The van der Waals surface area contributed by atoms with E-state index in [1.165, 1.54) is 38.5 Å². The van der Waals surface area contributed by atoms with Gasteiger partial charge in [0.1, 0.15) is 0 Å². The SMILES string of the molecule is CC(C)N(CC(=O)O)C1CCCCCC1. The van der Waals surface area contributed by atoms with E-state index >= 15 is 0 Å². The normalized spacial score (nSPS) is 19.5. The predicted molar refractivity (Wildman–Crippen MR) is 61.0 cm³/mol. The van der Waals surface area contributed by atoms with Crippen LogP contribution in [0.5, 0.6) is 0 Å². The molecule has 0 amide bonds. The third-order valence-corrected chi connectivity index (χ3v) is 3.27. The molecule has 3 heteroatoms. The summed E-state index contributed by atoms with van der Waals surface area (Å²) in [5.41, 5.74) is 0. The lowest BCUT2D eigenvalue weighted by Crippen LogP contribution is -2.43. The molecule has 1 aliphatic carbocycles. The van der Waals surface area contributed by atoms with E-state index in [0.29, 0.717) is 12.1 Å². The molecule has 15 heavy (non-hydrogen) atoms. The number of carboxylic acids is 1. The van der Waals surface area contributed by atoms with Gasteiger partial charge in [-0.25, -0.2) is 0 Å². The number of carboxylic acid groups (broad SMARTS) is 1. The van der Waals surface area contributed by atoms with Crippen LogP contribution in [0.2, 0.25) is 0 Å². The zero-order valence-corrected chi connectivity index (χ0v) is 9.91. The molecule has 0 aromatic rings. The third kappa shape index (κ3) is 4.20. The number of aliphatic carboxylic acids is 1. The topological polar surface area (TPSA) is 40.5 Å². The maximum Gasteiger partial charge on any atom is 0.317 e. The van der Waals surface area contributed by atoms with Gasteiger partial charge < -0.3 is 5.11 Å². The van der Waals surface area contributed by atoms with Crippen LogP contribution in [-0.2, 0) is 4.79 Å². The van der Waals surface area contributed by atoms with Gasteiger partial charge in [-0.15, -0.1) is 0 Å². The summed E-state index contributed by atoms with van der Waals surface area (Å²) in [5.74, 6) is -0.701. The Morgan fingerprint density at radius 3 is 2.20 bits per heavy atom. The smallest absolute Gasteiger partial charge is 0.317 e. The average molecular weight is 213 g/mol. The second-order valence-electron chi connectivity index (χ2n) is 4.81. The molecule has 1 N–H and O–H groups in total. The van der Waals surface area contributed by atoms with Gasteiger partial charge in [-0.1, -0.05) is 25.7 Å². The van der Waals surface area contributed by atoms with Crippen molar-refractivity contribution in [1.82, 2.24) is 4.90 Å². The highest BCUT2D eigenvalue weighted by Crippen LogP contribution is 2.23. The van der Waals surface area contributed by atoms with Crippen LogP contribution in [0.15, 0.2) is 0 Å². The predicted octanol–water partition coefficient (Wildman–Crippen LogP) is 2.50. The first kappa shape index (κ1) is 12.5. The summed E-state index contributed by atoms with van der Waals surface area (Å²) < 4.78 is 0. The van der Waals surface area contributed by atoms with Crippen LogP contribution in [0.25, 0.3) is 0 Å². The molecule has 0 unspecified atom stereocenters. The number of hydrogen-bond donors (Lipinski definition) is 1. The molecule has 0 aliphatic heterocycles. The van der Waals surface area contributed by atoms with Gasteiger partial charge in [0, 0.05) is 12.1 Å². The first-order valence-electron chi connectivity index (χ1n) is 6.09. The van der Waals surface area contributed by atoms with Gasteiger partial charge in [0.2, 0.25) is 0 Å². The third-order valence-electron chi connectivity index (χ3n) is 3.27. The Morgan fingerprint density at radius 1 is 1.27 bits per heavy atom. The van der Waals surface area contributed by atoms with E-state index in [1.807, 2.05) is 0 Å². The van der Waals surface area contributed by atoms with Crippen LogP contribution >= 0.6 is 0 Å². The molecule has 0 atom stereocenters. The highest BCUT2D eigenvalue weighted by Gasteiger charge is 2.23. The Hall–Kier alpha value is -0.570. The minimum atomic E-state index is -0.701. The fraction of sp³-hybridized carbons (Fsp3) is 0.917. The summed E-state index contributed by atoms with van der Waals surface area (Å²) in [6.07, 6.45) is 7.49. The number of hydrogen-bond acceptors (Lipinski definition) is 2. The Morgan fingerprint density at radius 2 is 1.80 bits per heavy atom. The lowest BCUT2D eigenvalue weighted by molar-refractivity contribution is -0.139. The fourth-order valence-corrected chi connectivity index (χ4v) is 2.48. The Kier molecular flexibility index (Phi) is 5.09. The second-order valence-corrected chi connectivity index (χ2v) is 4.81. The standard InChI is InChI=1S/C12H23NO2/c1-10(2)13(9-12(14)15)11-7-5-3-4-6-8-11/h10-11H,3-9H2,1-2H3,(H,14,15). The average Bonchev–Trinajstić information content (AvgIpc) is 2.41. The van der Waals surface area contributed by atoms with E-state index in [2.05, 4.69) is 18.7 Å². The van der Waals surface area contributed by atoms with Gasteiger partial charge >= 0.3 is 5.97 Å². The molecule has 88 valence electrons. The summed E-state index contributed by atoms with van der Waals surface area (Å²) in [4.78, 5) is 12.9. The Balaban J connectivity index is 2.55. The van der Waals surface area contributed by atoms with Crippen molar-refractivity contribution in [2.75, 3.05) is 6.54 Å². The molecule has 0 radical (unpaired) electrons. The van der Waals surface area contributed by atoms with Crippen molar-refractivity contribution >= 4 is 5.97 Å². The minimum Gasteiger partial charge on any atom is -0.480 e. The maximum absolute atomic E-state index is 10.8. The summed E-state index contributed by atoms with van der Waals surface area (Å²) in [6, 6.07) is 0.827. The molecular formula is C12H23NO2. The molecule has 1 aliphatic rings. The highest BCUT2D eigenvalue weighted by molar-refractivity contribution is 5.69. The van der Waals surface area contributed by atoms with E-state index < -0.39 is 5.97 Å². The molecule has 1 rings (SSSR count). The first-order valence-corrected chi connectivity index (χ1v) is 6.09. The van der Waals surface area contributed by atoms with E-state index in [9.17, 15) is 4.79 Å². The molecule has 0 aromatic heterocycles. The molecule has 0 bridgehead atoms. The van der Waals surface area contributed by atoms with Crippen molar-refractivity contribution < 1.29 is 9.90 Å². The largest absolute Gasteiger partial charge is 0.480 e. The lowest BCUT2D eigenvalue weighted by Gasteiger charge is -2.33. The monoisotopic (exact) mass is 213 g/mol. The van der Waals surface area contributed by atoms with Gasteiger partial charge in [-0.2, -0.15) is 0 Å². The van der Waals surface area contributed by atoms with Crippen molar-refractivity contribution in [3.63, 3.8) is 0 Å². The lowest BCUT2D eigenvalue weighted by atomic mass is 10.1. The zero-order valence-electron chi connectivity index (χ0n) is 9.91. The quantitative estimate of drug-likeness (QED) is 0.729. The minimum absolute atomic E-state index is 0.197. The van der Waals surface area contributed by atoms with Crippen molar-refractivity contribution in [2.45, 2.75) is 64.5 Å². The fourth-order valence-electron chi connectivity index (χ4n) is 2.48. The number of nitrogens with zero attached hydrogens (tertiary/aromatic N) is 1. The molecule has 0 aromatic carbocycles. The van der Waals surface area contributed by atoms with E-state index in [0.717, 1.165) is 0 Å². The molecule has 0 spiro atoms. The van der Waals surface area contributed by atoms with Crippen molar-refractivity contribution in [1.29, 1.82) is 0 Å². The summed E-state index contributed by atoms with van der Waals surface area (Å²) in [6.45, 7) is 4.38. The van der Waals surface area contributed by atoms with E-state index in [-0.39, 0.29) is 6.54 Å². The Labute approximate surface area is 92.5 Å². The molecule has 3 nitrogen and oxygen atoms in total. The van der Waals surface area contributed by atoms with Gasteiger partial charge in [0.15, 0.2) is 0 Å². The van der Waals surface area contributed by atoms with Crippen molar-refractivity contribution in [3.05, 3.63) is 0 Å². The molecule has 1 saturated carbocycles. The molecular weight excluding hydrogens is 190 g/mol. The van der Waals surface area contributed by atoms with Crippen LogP contribution in [0, 0.1) is 0 Å². The Bertz CT molecular complexity index is 196. The summed E-state index contributed by atoms with van der Waals surface area (Å²) in [5, 5.41) is 8.89. The van der Waals surface area contributed by atoms with Crippen LogP contribution in [0.3, 0.4) is 0 Å². The first-order chi connectivity index (χ1) is 7.11. The molecule has 0 saturated heterocycles. The van der Waals surface area contributed by atoms with Crippen molar-refractivity contribution in [2.24, 2.45) is 0 Å². The molecule has 0 heterocycles. The van der Waals surface area contributed by atoms with Crippen LogP contribution in [0.1, 0.15) is 52.4 Å². The molecule has 1 fully saturated rings. The maximum atomic E-state index is 10.8. The van der Waals surface area contributed by atoms with Gasteiger partial charge in [-0.05, 0) is 26.7 Å². The number of rotatable bonds is 4. The summed E-state index contributed by atoms with van der Waals surface area (Å²) in [7, 11) is 0. The van der Waals surface area contributed by atoms with E-state index in [4.69, 9.17) is 5.11 Å². The second kappa shape index (κ2) is 6.11. The van der Waals surface area contributed by atoms with Gasteiger partial charge in [0.25, 0.3) is 0 Å². The van der Waals surface area contributed by atoms with Crippen LogP contribution in [-0.4, -0.2) is 34.6 Å². The van der Waals surface area contributed by atoms with Crippen LogP contribution < -0.4 is 0 Å². The van der Waals surface area contributed by atoms with Crippen LogP contribution in [0.4, 0.5) is 0 Å². The van der Waals surface area contributed by atoms with Gasteiger partial charge in [0.05, 0.1) is 6.54 Å². The van der Waals surface area contributed by atoms with E-state index in [1.54, 1.807) is 0 Å². The highest BCUT2D eigenvalue weighted by atomic mass is 16.4. The summed E-state index contributed by atoms with van der Waals surface area (Å²) >= 11 is 0. The van der Waals surface area contributed by atoms with Crippen molar-refractivity contribution in [3.8, 4) is 0 Å². The number of carbonyl (C=O) groups is 1.